The molecule has 2 rings (SSSR count). The van der Waals surface area contributed by atoms with Crippen molar-refractivity contribution in [3.8, 4) is 11.3 Å². The fraction of sp³-hybridized carbons (Fsp3) is 0.333. The zero-order valence-electron chi connectivity index (χ0n) is 11.0. The van der Waals surface area contributed by atoms with Gasteiger partial charge in [0.25, 0.3) is 0 Å². The number of benzene rings is 1. The molecule has 1 atom stereocenters. The van der Waals surface area contributed by atoms with E-state index < -0.39 is 0 Å². The standard InChI is InChI=1S/C15H18ClNO/c1-10-5-4-6-13(15(10)16)14-8-7-12(18-14)9-11(2)17-3/h4-8,11,17H,9H2,1-3H3. The van der Waals surface area contributed by atoms with E-state index in [0.29, 0.717) is 6.04 Å². The summed E-state index contributed by atoms with van der Waals surface area (Å²) in [7, 11) is 1.95. The molecule has 3 heteroatoms. The summed E-state index contributed by atoms with van der Waals surface area (Å²) >= 11 is 6.30. The van der Waals surface area contributed by atoms with E-state index in [2.05, 4.69) is 12.2 Å². The average Bonchev–Trinajstić information content (AvgIpc) is 2.80. The first kappa shape index (κ1) is 13.2. The quantitative estimate of drug-likeness (QED) is 0.900. The number of hydrogen-bond acceptors (Lipinski definition) is 2. The lowest BCUT2D eigenvalue weighted by molar-refractivity contribution is 0.481. The molecule has 1 aromatic heterocycles. The molecule has 1 unspecified atom stereocenters. The van der Waals surface area contributed by atoms with Crippen LogP contribution in [0.5, 0.6) is 0 Å². The van der Waals surface area contributed by atoms with Gasteiger partial charge in [-0.3, -0.25) is 0 Å². The smallest absolute Gasteiger partial charge is 0.135 e. The Morgan fingerprint density at radius 1 is 1.28 bits per heavy atom. The SMILES string of the molecule is CNC(C)Cc1ccc(-c2cccc(C)c2Cl)o1. The Kier molecular flexibility index (Phi) is 4.10. The van der Waals surface area contributed by atoms with Crippen molar-refractivity contribution < 1.29 is 4.42 Å². The van der Waals surface area contributed by atoms with Gasteiger partial charge in [-0.25, -0.2) is 0 Å². The van der Waals surface area contributed by atoms with Crippen molar-refractivity contribution in [2.45, 2.75) is 26.3 Å². The van der Waals surface area contributed by atoms with Crippen LogP contribution in [-0.2, 0) is 6.42 Å². The average molecular weight is 264 g/mol. The first-order chi connectivity index (χ1) is 8.61. The van der Waals surface area contributed by atoms with Crippen molar-refractivity contribution in [3.05, 3.63) is 46.7 Å². The predicted octanol–water partition coefficient (Wildman–Crippen LogP) is 4.06. The zero-order chi connectivity index (χ0) is 13.1. The van der Waals surface area contributed by atoms with E-state index >= 15 is 0 Å². The Labute approximate surface area is 113 Å². The van der Waals surface area contributed by atoms with Crippen molar-refractivity contribution in [2.75, 3.05) is 7.05 Å². The van der Waals surface area contributed by atoms with E-state index in [4.69, 9.17) is 16.0 Å². The molecule has 2 nitrogen and oxygen atoms in total. The van der Waals surface area contributed by atoms with Crippen LogP contribution in [0.1, 0.15) is 18.2 Å². The molecule has 0 saturated heterocycles. The molecule has 1 aromatic carbocycles. The molecule has 1 N–H and O–H groups in total. The van der Waals surface area contributed by atoms with Crippen LogP contribution in [0.25, 0.3) is 11.3 Å². The number of halogens is 1. The summed E-state index contributed by atoms with van der Waals surface area (Å²) in [6.07, 6.45) is 0.875. The third kappa shape index (κ3) is 2.77. The topological polar surface area (TPSA) is 25.2 Å². The largest absolute Gasteiger partial charge is 0.461 e. The fourth-order valence-electron chi connectivity index (χ4n) is 1.87. The van der Waals surface area contributed by atoms with Crippen molar-refractivity contribution in [1.29, 1.82) is 0 Å². The molecule has 0 bridgehead atoms. The normalized spacial score (nSPS) is 12.7. The van der Waals surface area contributed by atoms with Crippen molar-refractivity contribution in [1.82, 2.24) is 5.32 Å². The molecule has 0 fully saturated rings. The fourth-order valence-corrected chi connectivity index (χ4v) is 2.09. The number of likely N-dealkylation sites (N-methyl/N-ethyl adjacent to an activating group) is 1. The van der Waals surface area contributed by atoms with Crippen LogP contribution < -0.4 is 5.32 Å². The Balaban J connectivity index is 2.27. The van der Waals surface area contributed by atoms with Gasteiger partial charge in [0.2, 0.25) is 0 Å². The molecule has 0 saturated carbocycles. The molecule has 96 valence electrons. The molecule has 0 aliphatic rings. The minimum Gasteiger partial charge on any atom is -0.461 e. The molecule has 0 aliphatic carbocycles. The van der Waals surface area contributed by atoms with Gasteiger partial charge in [-0.1, -0.05) is 23.7 Å². The first-order valence-corrected chi connectivity index (χ1v) is 6.51. The maximum absolute atomic E-state index is 6.30. The number of rotatable bonds is 4. The molecule has 0 spiro atoms. The summed E-state index contributed by atoms with van der Waals surface area (Å²) in [5.74, 6) is 1.81. The van der Waals surface area contributed by atoms with Gasteiger partial charge in [-0.15, -0.1) is 0 Å². The van der Waals surface area contributed by atoms with Gasteiger partial charge in [-0.05, 0) is 44.7 Å². The van der Waals surface area contributed by atoms with Crippen molar-refractivity contribution in [3.63, 3.8) is 0 Å². The highest BCUT2D eigenvalue weighted by Gasteiger charge is 2.11. The maximum atomic E-state index is 6.30. The van der Waals surface area contributed by atoms with Crippen LogP contribution in [0.3, 0.4) is 0 Å². The Morgan fingerprint density at radius 2 is 2.06 bits per heavy atom. The first-order valence-electron chi connectivity index (χ1n) is 6.13. The van der Waals surface area contributed by atoms with Gasteiger partial charge < -0.3 is 9.73 Å². The van der Waals surface area contributed by atoms with Crippen LogP contribution in [0, 0.1) is 6.92 Å². The highest BCUT2D eigenvalue weighted by molar-refractivity contribution is 6.34. The monoisotopic (exact) mass is 263 g/mol. The van der Waals surface area contributed by atoms with Crippen LogP contribution in [0.15, 0.2) is 34.7 Å². The minimum atomic E-state index is 0.400. The summed E-state index contributed by atoms with van der Waals surface area (Å²) in [5, 5.41) is 3.96. The molecular formula is C15H18ClNO. The summed E-state index contributed by atoms with van der Waals surface area (Å²) in [6.45, 7) is 4.13. The molecule has 18 heavy (non-hydrogen) atoms. The Bertz CT molecular complexity index is 533. The number of hydrogen-bond donors (Lipinski definition) is 1. The van der Waals surface area contributed by atoms with Gasteiger partial charge in [-0.2, -0.15) is 0 Å². The lowest BCUT2D eigenvalue weighted by Crippen LogP contribution is -2.23. The highest BCUT2D eigenvalue weighted by atomic mass is 35.5. The molecule has 0 radical (unpaired) electrons. The second-order valence-electron chi connectivity index (χ2n) is 4.60. The molecule has 1 heterocycles. The summed E-state index contributed by atoms with van der Waals surface area (Å²) in [6, 6.07) is 10.4. The third-order valence-corrected chi connectivity index (χ3v) is 3.62. The van der Waals surface area contributed by atoms with E-state index in [9.17, 15) is 0 Å². The van der Waals surface area contributed by atoms with Gasteiger partial charge >= 0.3 is 0 Å². The predicted molar refractivity (Wildman–Crippen MR) is 76.1 cm³/mol. The lowest BCUT2D eigenvalue weighted by atomic mass is 10.1. The molecular weight excluding hydrogens is 246 g/mol. The maximum Gasteiger partial charge on any atom is 0.135 e. The van der Waals surface area contributed by atoms with Crippen LogP contribution in [-0.4, -0.2) is 13.1 Å². The summed E-state index contributed by atoms with van der Waals surface area (Å²) in [4.78, 5) is 0. The minimum absolute atomic E-state index is 0.400. The summed E-state index contributed by atoms with van der Waals surface area (Å²) < 4.78 is 5.85. The van der Waals surface area contributed by atoms with Crippen molar-refractivity contribution >= 4 is 11.6 Å². The lowest BCUT2D eigenvalue weighted by Gasteiger charge is -2.07. The van der Waals surface area contributed by atoms with E-state index in [1.54, 1.807) is 0 Å². The van der Waals surface area contributed by atoms with Crippen molar-refractivity contribution in [2.24, 2.45) is 0 Å². The van der Waals surface area contributed by atoms with E-state index in [0.717, 1.165) is 34.1 Å². The second kappa shape index (κ2) is 5.59. The molecule has 2 aromatic rings. The van der Waals surface area contributed by atoms with Crippen LogP contribution in [0.2, 0.25) is 5.02 Å². The zero-order valence-corrected chi connectivity index (χ0v) is 11.7. The van der Waals surface area contributed by atoms with E-state index in [-0.39, 0.29) is 0 Å². The molecule has 0 amide bonds. The highest BCUT2D eigenvalue weighted by Crippen LogP contribution is 2.31. The van der Waals surface area contributed by atoms with Gasteiger partial charge in [0.15, 0.2) is 0 Å². The van der Waals surface area contributed by atoms with Crippen LogP contribution >= 0.6 is 11.6 Å². The summed E-state index contributed by atoms with van der Waals surface area (Å²) in [5.41, 5.74) is 2.02. The Hall–Kier alpha value is -1.25. The number of nitrogens with one attached hydrogen (secondary N) is 1. The van der Waals surface area contributed by atoms with E-state index in [1.807, 2.05) is 44.3 Å². The number of furan rings is 1. The number of aryl methyl sites for hydroxylation is 1. The second-order valence-corrected chi connectivity index (χ2v) is 4.97. The van der Waals surface area contributed by atoms with Gasteiger partial charge in [0, 0.05) is 18.0 Å². The Morgan fingerprint density at radius 3 is 2.78 bits per heavy atom. The third-order valence-electron chi connectivity index (χ3n) is 3.12. The molecule has 0 aliphatic heterocycles. The van der Waals surface area contributed by atoms with Gasteiger partial charge in [0.1, 0.15) is 11.5 Å². The van der Waals surface area contributed by atoms with Crippen LogP contribution in [0.4, 0.5) is 0 Å². The van der Waals surface area contributed by atoms with Gasteiger partial charge in [0.05, 0.1) is 5.02 Å². The van der Waals surface area contributed by atoms with E-state index in [1.165, 1.54) is 0 Å².